The smallest absolute Gasteiger partial charge is 0.329 e. The van der Waals surface area contributed by atoms with Crippen molar-refractivity contribution in [1.29, 1.82) is 0 Å². The van der Waals surface area contributed by atoms with E-state index in [0.717, 1.165) is 45.6 Å². The van der Waals surface area contributed by atoms with Gasteiger partial charge in [0.2, 0.25) is 0 Å². The van der Waals surface area contributed by atoms with Crippen molar-refractivity contribution in [2.24, 2.45) is 0 Å². The van der Waals surface area contributed by atoms with Crippen LogP contribution in [0.3, 0.4) is 0 Å². The van der Waals surface area contributed by atoms with E-state index < -0.39 is 5.54 Å². The molecule has 0 N–H and O–H groups in total. The number of piperidine rings is 1. The van der Waals surface area contributed by atoms with Gasteiger partial charge in [0, 0.05) is 51.6 Å². The lowest BCUT2D eigenvalue weighted by Crippen LogP contribution is -2.57. The Morgan fingerprint density at radius 1 is 0.889 bits per heavy atom. The number of urea groups is 1. The van der Waals surface area contributed by atoms with Gasteiger partial charge in [-0.3, -0.25) is 19.5 Å². The number of ether oxygens (including phenoxy) is 1. The van der Waals surface area contributed by atoms with Crippen LogP contribution >= 0.6 is 0 Å². The van der Waals surface area contributed by atoms with Crippen LogP contribution in [0.5, 0.6) is 0 Å². The predicted octanol–water partition coefficient (Wildman–Crippen LogP) is 3.66. The highest BCUT2D eigenvalue weighted by Gasteiger charge is 2.59. The molecule has 190 valence electrons. The van der Waals surface area contributed by atoms with Crippen molar-refractivity contribution in [2.45, 2.75) is 56.7 Å². The van der Waals surface area contributed by atoms with Crippen molar-refractivity contribution in [1.82, 2.24) is 14.7 Å². The standard InChI is InChI=1S/C29H36N4O3/c1-36-21-32-28(35)33(26-18-23-6-2-3-7-24(23)19-26)27(34)29(32)12-16-30(17-13-29)20-22-8-10-25(11-9-22)31-14-4-5-15-31/h2-3,6-11,26H,4-5,12-21H2,1H3. The highest BCUT2D eigenvalue weighted by atomic mass is 16.5. The van der Waals surface area contributed by atoms with Crippen molar-refractivity contribution in [3.63, 3.8) is 0 Å². The van der Waals surface area contributed by atoms with Crippen LogP contribution in [0, 0.1) is 0 Å². The third-order valence-electron chi connectivity index (χ3n) is 8.72. The van der Waals surface area contributed by atoms with E-state index in [-0.39, 0.29) is 24.7 Å². The second-order valence-electron chi connectivity index (χ2n) is 10.8. The van der Waals surface area contributed by atoms with Gasteiger partial charge >= 0.3 is 6.03 Å². The molecule has 3 saturated heterocycles. The largest absolute Gasteiger partial charge is 0.372 e. The minimum absolute atomic E-state index is 0.0306. The van der Waals surface area contributed by atoms with Crippen LogP contribution in [-0.2, 0) is 28.9 Å². The third-order valence-corrected chi connectivity index (χ3v) is 8.72. The van der Waals surface area contributed by atoms with Gasteiger partial charge in [0.05, 0.1) is 0 Å². The number of anilines is 1. The Morgan fingerprint density at radius 3 is 2.14 bits per heavy atom. The lowest BCUT2D eigenvalue weighted by molar-refractivity contribution is -0.138. The van der Waals surface area contributed by atoms with Gasteiger partial charge in [-0.05, 0) is 67.3 Å². The van der Waals surface area contributed by atoms with Crippen molar-refractivity contribution in [3.8, 4) is 0 Å². The minimum Gasteiger partial charge on any atom is -0.372 e. The molecular weight excluding hydrogens is 452 g/mol. The SMILES string of the molecule is COCN1C(=O)N(C2Cc3ccccc3C2)C(=O)C12CCN(Cc1ccc(N3CCCC3)cc1)CC2. The van der Waals surface area contributed by atoms with Gasteiger partial charge in [0.25, 0.3) is 5.91 Å². The van der Waals surface area contributed by atoms with E-state index in [1.54, 1.807) is 16.9 Å². The Hall–Kier alpha value is -2.90. The van der Waals surface area contributed by atoms with Crippen LogP contribution in [-0.4, -0.2) is 78.2 Å². The molecule has 0 aromatic heterocycles. The van der Waals surface area contributed by atoms with Crippen LogP contribution in [0.15, 0.2) is 48.5 Å². The van der Waals surface area contributed by atoms with E-state index in [1.165, 1.54) is 35.2 Å². The molecule has 6 rings (SSSR count). The van der Waals surface area contributed by atoms with Crippen molar-refractivity contribution >= 4 is 17.6 Å². The van der Waals surface area contributed by atoms with Crippen molar-refractivity contribution < 1.29 is 14.3 Å². The number of nitrogens with zero attached hydrogens (tertiary/aromatic N) is 4. The Bertz CT molecular complexity index is 1090. The molecule has 0 radical (unpaired) electrons. The number of likely N-dealkylation sites (tertiary alicyclic amines) is 1. The molecule has 3 aliphatic heterocycles. The summed E-state index contributed by atoms with van der Waals surface area (Å²) in [5, 5.41) is 0. The maximum Gasteiger partial charge on any atom is 0.329 e. The maximum absolute atomic E-state index is 13.9. The average molecular weight is 489 g/mol. The average Bonchev–Trinajstić information content (AvgIpc) is 3.62. The van der Waals surface area contributed by atoms with E-state index >= 15 is 0 Å². The third kappa shape index (κ3) is 3.98. The van der Waals surface area contributed by atoms with Crippen LogP contribution < -0.4 is 4.90 Å². The van der Waals surface area contributed by atoms with Gasteiger partial charge in [0.1, 0.15) is 12.3 Å². The second kappa shape index (κ2) is 9.52. The van der Waals surface area contributed by atoms with E-state index in [4.69, 9.17) is 4.74 Å². The maximum atomic E-state index is 13.9. The molecule has 0 bridgehead atoms. The number of carbonyl (C=O) groups is 2. The molecule has 4 aliphatic rings. The molecule has 3 fully saturated rings. The van der Waals surface area contributed by atoms with Gasteiger partial charge < -0.3 is 9.64 Å². The molecule has 2 aromatic rings. The highest BCUT2D eigenvalue weighted by molar-refractivity contribution is 6.07. The van der Waals surface area contributed by atoms with E-state index in [9.17, 15) is 9.59 Å². The van der Waals surface area contributed by atoms with E-state index in [1.807, 2.05) is 12.1 Å². The zero-order valence-electron chi connectivity index (χ0n) is 21.2. The first-order chi connectivity index (χ1) is 17.6. The molecule has 7 nitrogen and oxygen atoms in total. The number of rotatable bonds is 6. The number of carbonyl (C=O) groups excluding carboxylic acids is 2. The molecule has 1 spiro atoms. The van der Waals surface area contributed by atoms with Crippen LogP contribution in [0.25, 0.3) is 0 Å². The fourth-order valence-electron chi connectivity index (χ4n) is 6.70. The Kier molecular flexibility index (Phi) is 6.21. The normalized spacial score (nSPS) is 22.3. The number of imide groups is 1. The van der Waals surface area contributed by atoms with Gasteiger partial charge in [-0.15, -0.1) is 0 Å². The summed E-state index contributed by atoms with van der Waals surface area (Å²) < 4.78 is 5.43. The zero-order chi connectivity index (χ0) is 24.7. The lowest BCUT2D eigenvalue weighted by Gasteiger charge is -2.42. The molecule has 1 aliphatic carbocycles. The molecule has 3 heterocycles. The van der Waals surface area contributed by atoms with Crippen molar-refractivity contribution in [3.05, 3.63) is 65.2 Å². The van der Waals surface area contributed by atoms with Crippen LogP contribution in [0.2, 0.25) is 0 Å². The molecule has 0 unspecified atom stereocenters. The molecule has 0 atom stereocenters. The van der Waals surface area contributed by atoms with Crippen LogP contribution in [0.4, 0.5) is 10.5 Å². The van der Waals surface area contributed by atoms with Crippen LogP contribution in [0.1, 0.15) is 42.4 Å². The Balaban J connectivity index is 1.14. The fourth-order valence-corrected chi connectivity index (χ4v) is 6.70. The lowest BCUT2D eigenvalue weighted by atomic mass is 9.85. The Labute approximate surface area is 213 Å². The first-order valence-corrected chi connectivity index (χ1v) is 13.4. The summed E-state index contributed by atoms with van der Waals surface area (Å²) in [5.41, 5.74) is 4.30. The quantitative estimate of drug-likeness (QED) is 0.581. The molecule has 7 heteroatoms. The molecular formula is C29H36N4O3. The van der Waals surface area contributed by atoms with E-state index in [0.29, 0.717) is 12.8 Å². The topological polar surface area (TPSA) is 56.3 Å². The summed E-state index contributed by atoms with van der Waals surface area (Å²) >= 11 is 0. The number of hydrogen-bond acceptors (Lipinski definition) is 5. The molecule has 3 amide bonds. The molecule has 36 heavy (non-hydrogen) atoms. The first kappa shape index (κ1) is 23.5. The fraction of sp³-hybridized carbons (Fsp3) is 0.517. The number of methoxy groups -OCH3 is 1. The minimum atomic E-state index is -0.794. The monoisotopic (exact) mass is 488 g/mol. The molecule has 2 aromatic carbocycles. The summed E-state index contributed by atoms with van der Waals surface area (Å²) in [7, 11) is 1.60. The number of amides is 3. The molecule has 0 saturated carbocycles. The number of hydrogen-bond donors (Lipinski definition) is 0. The summed E-state index contributed by atoms with van der Waals surface area (Å²) in [6, 6.07) is 16.9. The Morgan fingerprint density at radius 2 is 1.53 bits per heavy atom. The summed E-state index contributed by atoms with van der Waals surface area (Å²) in [6.07, 6.45) is 5.33. The highest BCUT2D eigenvalue weighted by Crippen LogP contribution is 2.40. The van der Waals surface area contributed by atoms with E-state index in [2.05, 4.69) is 46.2 Å². The number of fused-ring (bicyclic) bond motifs is 1. The first-order valence-electron chi connectivity index (χ1n) is 13.4. The van der Waals surface area contributed by atoms with Gasteiger partial charge in [-0.1, -0.05) is 36.4 Å². The van der Waals surface area contributed by atoms with Crippen molar-refractivity contribution in [2.75, 3.05) is 44.9 Å². The predicted molar refractivity (Wildman–Crippen MR) is 139 cm³/mol. The second-order valence-corrected chi connectivity index (χ2v) is 10.8. The van der Waals surface area contributed by atoms with Gasteiger partial charge in [-0.2, -0.15) is 0 Å². The van der Waals surface area contributed by atoms with Gasteiger partial charge in [0.15, 0.2) is 0 Å². The summed E-state index contributed by atoms with van der Waals surface area (Å²) in [4.78, 5) is 35.6. The summed E-state index contributed by atoms with van der Waals surface area (Å²) in [6.45, 7) is 4.89. The summed E-state index contributed by atoms with van der Waals surface area (Å²) in [5.74, 6) is -0.0306. The number of benzene rings is 2. The van der Waals surface area contributed by atoms with Gasteiger partial charge in [-0.25, -0.2) is 4.79 Å². The zero-order valence-corrected chi connectivity index (χ0v) is 21.2.